The molecule has 1 saturated heterocycles. The number of amides is 1. The SMILES string of the molecule is COc1ccccc1N1CCN(C(=O)CN(Cc2ccccc2Cl)S(=O)(=O)c2ccc(Br)cc2)CC1. The first-order valence-electron chi connectivity index (χ1n) is 11.4. The zero-order valence-corrected chi connectivity index (χ0v) is 23.0. The molecule has 10 heteroatoms. The van der Waals surface area contributed by atoms with Gasteiger partial charge in [-0.15, -0.1) is 0 Å². The lowest BCUT2D eigenvalue weighted by atomic mass is 10.2. The quantitative estimate of drug-likeness (QED) is 0.381. The third-order valence-corrected chi connectivity index (χ3v) is 8.83. The van der Waals surface area contributed by atoms with E-state index in [-0.39, 0.29) is 23.9 Å². The average Bonchev–Trinajstić information content (AvgIpc) is 2.89. The normalized spacial score (nSPS) is 14.2. The number of carbonyl (C=O) groups is 1. The molecule has 190 valence electrons. The fraction of sp³-hybridized carbons (Fsp3) is 0.269. The average molecular weight is 593 g/mol. The summed E-state index contributed by atoms with van der Waals surface area (Å²) in [6.07, 6.45) is 0. The summed E-state index contributed by atoms with van der Waals surface area (Å²) in [7, 11) is -2.31. The second kappa shape index (κ2) is 11.6. The van der Waals surface area contributed by atoms with Gasteiger partial charge < -0.3 is 14.5 Å². The summed E-state index contributed by atoms with van der Waals surface area (Å²) >= 11 is 9.67. The van der Waals surface area contributed by atoms with Crippen LogP contribution in [-0.4, -0.2) is 63.4 Å². The number of nitrogens with zero attached hydrogens (tertiary/aromatic N) is 3. The first-order chi connectivity index (χ1) is 17.3. The maximum atomic E-state index is 13.6. The molecule has 0 radical (unpaired) electrons. The smallest absolute Gasteiger partial charge is 0.243 e. The van der Waals surface area contributed by atoms with Crippen LogP contribution >= 0.6 is 27.5 Å². The van der Waals surface area contributed by atoms with Gasteiger partial charge >= 0.3 is 0 Å². The Morgan fingerprint density at radius 1 is 0.972 bits per heavy atom. The third-order valence-electron chi connectivity index (χ3n) is 6.13. The number of para-hydroxylation sites is 2. The predicted octanol–water partition coefficient (Wildman–Crippen LogP) is 4.65. The van der Waals surface area contributed by atoms with Crippen molar-refractivity contribution in [3.8, 4) is 5.75 Å². The molecule has 0 N–H and O–H groups in total. The highest BCUT2D eigenvalue weighted by atomic mass is 79.9. The number of hydrogen-bond donors (Lipinski definition) is 0. The minimum atomic E-state index is -3.95. The van der Waals surface area contributed by atoms with Gasteiger partial charge in [0, 0.05) is 42.2 Å². The number of ether oxygens (including phenoxy) is 1. The number of anilines is 1. The summed E-state index contributed by atoms with van der Waals surface area (Å²) in [5.74, 6) is 0.534. The largest absolute Gasteiger partial charge is 0.495 e. The highest BCUT2D eigenvalue weighted by molar-refractivity contribution is 9.10. The van der Waals surface area contributed by atoms with Crippen LogP contribution in [0.15, 0.2) is 82.2 Å². The van der Waals surface area contributed by atoms with Crippen molar-refractivity contribution in [1.82, 2.24) is 9.21 Å². The van der Waals surface area contributed by atoms with E-state index < -0.39 is 10.0 Å². The van der Waals surface area contributed by atoms with E-state index in [0.717, 1.165) is 15.9 Å². The number of halogens is 2. The Kier molecular flexibility index (Phi) is 8.56. The van der Waals surface area contributed by atoms with Crippen LogP contribution in [0.2, 0.25) is 5.02 Å². The van der Waals surface area contributed by atoms with Gasteiger partial charge in [0.1, 0.15) is 5.75 Å². The van der Waals surface area contributed by atoms with Gasteiger partial charge in [0.25, 0.3) is 0 Å². The number of rotatable bonds is 8. The van der Waals surface area contributed by atoms with Crippen LogP contribution < -0.4 is 9.64 Å². The Morgan fingerprint density at radius 2 is 1.61 bits per heavy atom. The van der Waals surface area contributed by atoms with E-state index in [4.69, 9.17) is 16.3 Å². The fourth-order valence-electron chi connectivity index (χ4n) is 4.14. The first kappa shape index (κ1) is 26.5. The molecular weight excluding hydrogens is 566 g/mol. The molecule has 7 nitrogen and oxygen atoms in total. The maximum absolute atomic E-state index is 13.6. The Balaban J connectivity index is 1.51. The van der Waals surface area contributed by atoms with Crippen molar-refractivity contribution in [3.63, 3.8) is 0 Å². The molecule has 3 aromatic carbocycles. The van der Waals surface area contributed by atoms with Gasteiger partial charge in [-0.3, -0.25) is 4.79 Å². The van der Waals surface area contributed by atoms with E-state index in [1.54, 1.807) is 48.4 Å². The lowest BCUT2D eigenvalue weighted by molar-refractivity contribution is -0.131. The molecule has 3 aromatic rings. The molecule has 0 saturated carbocycles. The van der Waals surface area contributed by atoms with E-state index in [2.05, 4.69) is 20.8 Å². The summed E-state index contributed by atoms with van der Waals surface area (Å²) in [4.78, 5) is 17.3. The van der Waals surface area contributed by atoms with Gasteiger partial charge in [-0.25, -0.2) is 8.42 Å². The van der Waals surface area contributed by atoms with Gasteiger partial charge in [0.2, 0.25) is 15.9 Å². The third kappa shape index (κ3) is 6.03. The van der Waals surface area contributed by atoms with Gasteiger partial charge in [-0.05, 0) is 48.0 Å². The first-order valence-corrected chi connectivity index (χ1v) is 14.1. The van der Waals surface area contributed by atoms with Gasteiger partial charge in [-0.1, -0.05) is 57.9 Å². The number of piperazine rings is 1. The zero-order valence-electron chi connectivity index (χ0n) is 19.8. The van der Waals surface area contributed by atoms with Crippen LogP contribution in [0.25, 0.3) is 0 Å². The van der Waals surface area contributed by atoms with Crippen molar-refractivity contribution in [2.45, 2.75) is 11.4 Å². The van der Waals surface area contributed by atoms with Crippen LogP contribution in [0.5, 0.6) is 5.75 Å². The van der Waals surface area contributed by atoms with Crippen molar-refractivity contribution >= 4 is 49.1 Å². The number of carbonyl (C=O) groups excluding carboxylic acids is 1. The molecule has 4 rings (SSSR count). The molecule has 1 amide bonds. The van der Waals surface area contributed by atoms with Crippen molar-refractivity contribution in [3.05, 3.63) is 87.9 Å². The molecule has 0 spiro atoms. The standard InChI is InChI=1S/C26H27BrClN3O4S/c1-35-25-9-5-4-8-24(25)29-14-16-30(17-15-29)26(32)19-31(18-20-6-2-3-7-23(20)28)36(33,34)22-12-10-21(27)11-13-22/h2-13H,14-19H2,1H3. The zero-order chi connectivity index (χ0) is 25.7. The number of hydrogen-bond acceptors (Lipinski definition) is 5. The summed E-state index contributed by atoms with van der Waals surface area (Å²) in [5.41, 5.74) is 1.61. The van der Waals surface area contributed by atoms with E-state index >= 15 is 0 Å². The predicted molar refractivity (Wildman–Crippen MR) is 145 cm³/mol. The van der Waals surface area contributed by atoms with Crippen molar-refractivity contribution in [1.29, 1.82) is 0 Å². The molecule has 0 bridgehead atoms. The Bertz CT molecular complexity index is 1310. The molecule has 0 aliphatic carbocycles. The lowest BCUT2D eigenvalue weighted by Gasteiger charge is -2.37. The Hall–Kier alpha value is -2.59. The van der Waals surface area contributed by atoms with Gasteiger partial charge in [0.05, 0.1) is 24.2 Å². The van der Waals surface area contributed by atoms with E-state index in [0.29, 0.717) is 36.8 Å². The molecule has 1 fully saturated rings. The second-order valence-electron chi connectivity index (χ2n) is 8.36. The van der Waals surface area contributed by atoms with E-state index in [1.165, 1.54) is 16.4 Å². The van der Waals surface area contributed by atoms with Gasteiger partial charge in [-0.2, -0.15) is 4.31 Å². The van der Waals surface area contributed by atoms with Crippen molar-refractivity contribution < 1.29 is 17.9 Å². The van der Waals surface area contributed by atoms with Crippen LogP contribution in [0.4, 0.5) is 5.69 Å². The van der Waals surface area contributed by atoms with Crippen LogP contribution in [0.1, 0.15) is 5.56 Å². The minimum absolute atomic E-state index is 0.00894. The fourth-order valence-corrected chi connectivity index (χ4v) is 5.96. The van der Waals surface area contributed by atoms with Crippen LogP contribution in [0.3, 0.4) is 0 Å². The summed E-state index contributed by atoms with van der Waals surface area (Å²) in [6.45, 7) is 1.92. The lowest BCUT2D eigenvalue weighted by Crippen LogP contribution is -2.51. The highest BCUT2D eigenvalue weighted by Gasteiger charge is 2.31. The van der Waals surface area contributed by atoms with Crippen molar-refractivity contribution in [2.75, 3.05) is 44.7 Å². The number of methoxy groups -OCH3 is 1. The second-order valence-corrected chi connectivity index (χ2v) is 11.6. The summed E-state index contributed by atoms with van der Waals surface area (Å²) in [6, 6.07) is 21.2. The number of benzene rings is 3. The van der Waals surface area contributed by atoms with Crippen LogP contribution in [-0.2, 0) is 21.4 Å². The summed E-state index contributed by atoms with van der Waals surface area (Å²) < 4.78 is 34.6. The molecular formula is C26H27BrClN3O4S. The van der Waals surface area contributed by atoms with Gasteiger partial charge in [0.15, 0.2) is 0 Å². The molecule has 1 aliphatic rings. The minimum Gasteiger partial charge on any atom is -0.495 e. The molecule has 36 heavy (non-hydrogen) atoms. The molecule has 1 aliphatic heterocycles. The molecule has 1 heterocycles. The molecule has 0 atom stereocenters. The molecule has 0 aromatic heterocycles. The summed E-state index contributed by atoms with van der Waals surface area (Å²) in [5, 5.41) is 0.450. The molecule has 0 unspecified atom stereocenters. The maximum Gasteiger partial charge on any atom is 0.243 e. The van der Waals surface area contributed by atoms with E-state index in [9.17, 15) is 13.2 Å². The highest BCUT2D eigenvalue weighted by Crippen LogP contribution is 2.29. The Morgan fingerprint density at radius 3 is 2.28 bits per heavy atom. The van der Waals surface area contributed by atoms with Crippen molar-refractivity contribution in [2.24, 2.45) is 0 Å². The number of sulfonamides is 1. The Labute approximate surface area is 225 Å². The topological polar surface area (TPSA) is 70.2 Å². The monoisotopic (exact) mass is 591 g/mol. The van der Waals surface area contributed by atoms with Crippen LogP contribution in [0, 0.1) is 0 Å². The van der Waals surface area contributed by atoms with E-state index in [1.807, 2.05) is 24.3 Å².